The van der Waals surface area contributed by atoms with Gasteiger partial charge in [0.1, 0.15) is 0 Å². The first kappa shape index (κ1) is 19.1. The summed E-state index contributed by atoms with van der Waals surface area (Å²) in [5.74, 6) is -0.424. The fraction of sp³-hybridized carbons (Fsp3) is 0.500. The number of hydrogen-bond donors (Lipinski definition) is 2. The van der Waals surface area contributed by atoms with Gasteiger partial charge in [0.2, 0.25) is 10.0 Å². The Kier molecular flexibility index (Phi) is 5.27. The van der Waals surface area contributed by atoms with Gasteiger partial charge < -0.3 is 11.1 Å². The van der Waals surface area contributed by atoms with Crippen molar-refractivity contribution in [1.82, 2.24) is 13.9 Å². The lowest BCUT2D eigenvalue weighted by Gasteiger charge is -2.38. The van der Waals surface area contributed by atoms with Crippen molar-refractivity contribution in [2.75, 3.05) is 24.7 Å². The molecule has 0 saturated carbocycles. The number of halogens is 1. The maximum atomic E-state index is 11.9. The Balaban J connectivity index is 1.95. The molecule has 2 aromatic heterocycles. The number of aromatic nitrogens is 2. The number of hydrogen-bond acceptors (Lipinski definition) is 5. The number of anilines is 1. The highest BCUT2D eigenvalue weighted by Crippen LogP contribution is 2.30. The van der Waals surface area contributed by atoms with Gasteiger partial charge in [-0.3, -0.25) is 4.79 Å². The van der Waals surface area contributed by atoms with Crippen molar-refractivity contribution < 1.29 is 13.2 Å². The lowest BCUT2D eigenvalue weighted by molar-refractivity contribution is 0.100. The van der Waals surface area contributed by atoms with Gasteiger partial charge >= 0.3 is 0 Å². The van der Waals surface area contributed by atoms with E-state index in [9.17, 15) is 13.2 Å². The summed E-state index contributed by atoms with van der Waals surface area (Å²) in [6.07, 6.45) is 5.97. The number of primary amides is 1. The van der Waals surface area contributed by atoms with Gasteiger partial charge in [-0.2, -0.15) is 5.10 Å². The van der Waals surface area contributed by atoms with E-state index in [1.54, 1.807) is 10.7 Å². The molecule has 0 unspecified atom stereocenters. The molecule has 0 radical (unpaired) electrons. The average molecular weight is 444 g/mol. The minimum absolute atomic E-state index is 0.0379. The van der Waals surface area contributed by atoms with E-state index in [1.807, 2.05) is 13.0 Å². The largest absolute Gasteiger partial charge is 0.379 e. The van der Waals surface area contributed by atoms with E-state index >= 15 is 0 Å². The predicted molar refractivity (Wildman–Crippen MR) is 104 cm³/mol. The minimum atomic E-state index is -3.21. The zero-order valence-corrected chi connectivity index (χ0v) is 17.0. The normalized spacial score (nSPS) is 21.8. The smallest absolute Gasteiger partial charge is 0.252 e. The van der Waals surface area contributed by atoms with Crippen molar-refractivity contribution in [1.29, 1.82) is 0 Å². The zero-order chi connectivity index (χ0) is 19.1. The number of nitrogens with two attached hydrogens (primary N) is 1. The minimum Gasteiger partial charge on any atom is -0.379 e. The first-order valence-corrected chi connectivity index (χ1v) is 11.0. The molecule has 142 valence electrons. The van der Waals surface area contributed by atoms with E-state index in [0.717, 1.165) is 16.4 Å². The van der Waals surface area contributed by atoms with Gasteiger partial charge in [0.15, 0.2) is 0 Å². The maximum absolute atomic E-state index is 11.9. The summed E-state index contributed by atoms with van der Waals surface area (Å²) in [7, 11) is -3.21. The zero-order valence-electron chi connectivity index (χ0n) is 14.6. The van der Waals surface area contributed by atoms with Crippen molar-refractivity contribution in [3.05, 3.63) is 28.5 Å². The van der Waals surface area contributed by atoms with Crippen LogP contribution in [0.4, 0.5) is 5.69 Å². The highest BCUT2D eigenvalue weighted by molar-refractivity contribution is 9.10. The Morgan fingerprint density at radius 1 is 1.50 bits per heavy atom. The van der Waals surface area contributed by atoms with Crippen molar-refractivity contribution in [2.45, 2.75) is 25.8 Å². The molecule has 1 aliphatic rings. The fourth-order valence-corrected chi connectivity index (χ4v) is 4.76. The monoisotopic (exact) mass is 443 g/mol. The number of fused-ring (bicyclic) bond motifs is 1. The molecule has 3 heterocycles. The summed E-state index contributed by atoms with van der Waals surface area (Å²) in [5.41, 5.74) is 7.24. The topological polar surface area (TPSA) is 110 Å². The van der Waals surface area contributed by atoms with Crippen molar-refractivity contribution >= 4 is 43.1 Å². The summed E-state index contributed by atoms with van der Waals surface area (Å²) < 4.78 is 27.8. The van der Waals surface area contributed by atoms with E-state index in [4.69, 9.17) is 5.73 Å². The van der Waals surface area contributed by atoms with Gasteiger partial charge in [-0.15, -0.1) is 0 Å². The van der Waals surface area contributed by atoms with Crippen LogP contribution in [-0.4, -0.2) is 53.6 Å². The number of nitrogens with one attached hydrogen (secondary N) is 1. The lowest BCUT2D eigenvalue weighted by atomic mass is 9.90. The molecule has 0 aromatic carbocycles. The highest BCUT2D eigenvalue weighted by atomic mass is 79.9. The molecule has 3 rings (SSSR count). The summed E-state index contributed by atoms with van der Waals surface area (Å²) >= 11 is 3.42. The van der Waals surface area contributed by atoms with Crippen molar-refractivity contribution in [2.24, 2.45) is 11.7 Å². The van der Waals surface area contributed by atoms with Gasteiger partial charge in [0.25, 0.3) is 5.91 Å². The Bertz CT molecular complexity index is 943. The SMILES string of the molecule is CC[C@H]1CN(S(C)(=O)=O)CC[C@H]1Nc1c(C(N)=O)cnn2cc(Br)cc12. The van der Waals surface area contributed by atoms with Crippen LogP contribution in [-0.2, 0) is 10.0 Å². The van der Waals surface area contributed by atoms with E-state index in [-0.39, 0.29) is 12.0 Å². The molecule has 1 aliphatic heterocycles. The van der Waals surface area contributed by atoms with Gasteiger partial charge in [0.05, 0.1) is 29.2 Å². The van der Waals surface area contributed by atoms with Crippen LogP contribution in [0.3, 0.4) is 0 Å². The van der Waals surface area contributed by atoms with E-state index < -0.39 is 15.9 Å². The van der Waals surface area contributed by atoms with Crippen LogP contribution in [0.2, 0.25) is 0 Å². The first-order valence-electron chi connectivity index (χ1n) is 8.39. The van der Waals surface area contributed by atoms with Crippen LogP contribution in [0.15, 0.2) is 22.9 Å². The summed E-state index contributed by atoms with van der Waals surface area (Å²) in [4.78, 5) is 11.9. The molecule has 10 heteroatoms. The number of amides is 1. The summed E-state index contributed by atoms with van der Waals surface area (Å²) in [6.45, 7) is 2.95. The van der Waals surface area contributed by atoms with E-state index in [2.05, 4.69) is 26.3 Å². The van der Waals surface area contributed by atoms with Crippen LogP contribution in [0, 0.1) is 5.92 Å². The highest BCUT2D eigenvalue weighted by Gasteiger charge is 2.33. The summed E-state index contributed by atoms with van der Waals surface area (Å²) in [5, 5.41) is 7.67. The van der Waals surface area contributed by atoms with Crippen LogP contribution in [0.5, 0.6) is 0 Å². The standard InChI is InChI=1S/C16H22BrN5O3S/c1-3-10-8-21(26(2,24)25)5-4-13(10)20-15-12(16(18)23)7-19-22-9-11(17)6-14(15)22/h6-7,9-10,13,20H,3-5,8H2,1-2H3,(H2,18,23)/t10-,13+/m0/s1. The third kappa shape index (κ3) is 3.72. The molecule has 1 saturated heterocycles. The number of nitrogens with zero attached hydrogens (tertiary/aromatic N) is 3. The number of carbonyl (C=O) groups excluding carboxylic acids is 1. The number of piperidine rings is 1. The Hall–Kier alpha value is -1.65. The Labute approximate surface area is 160 Å². The van der Waals surface area contributed by atoms with Gasteiger partial charge in [-0.1, -0.05) is 13.3 Å². The van der Waals surface area contributed by atoms with E-state index in [1.165, 1.54) is 16.8 Å². The summed E-state index contributed by atoms with van der Waals surface area (Å²) in [6, 6.07) is 1.91. The molecule has 0 bridgehead atoms. The van der Waals surface area contributed by atoms with Crippen LogP contribution < -0.4 is 11.1 Å². The lowest BCUT2D eigenvalue weighted by Crippen LogP contribution is -2.48. The Morgan fingerprint density at radius 3 is 2.85 bits per heavy atom. The predicted octanol–water partition coefficient (Wildman–Crippen LogP) is 1.67. The van der Waals surface area contributed by atoms with Gasteiger partial charge in [-0.05, 0) is 34.3 Å². The molecule has 2 aromatic rings. The molecule has 26 heavy (non-hydrogen) atoms. The van der Waals surface area contributed by atoms with Crippen LogP contribution in [0.25, 0.3) is 5.52 Å². The van der Waals surface area contributed by atoms with Gasteiger partial charge in [-0.25, -0.2) is 17.2 Å². The molecule has 1 fully saturated rings. The second kappa shape index (κ2) is 7.16. The third-order valence-corrected chi connectivity index (χ3v) is 6.59. The molecule has 2 atom stereocenters. The molecule has 0 aliphatic carbocycles. The fourth-order valence-electron chi connectivity index (χ4n) is 3.45. The molecular formula is C16H22BrN5O3S. The van der Waals surface area contributed by atoms with E-state index in [0.29, 0.717) is 30.8 Å². The maximum Gasteiger partial charge on any atom is 0.252 e. The number of sulfonamides is 1. The van der Waals surface area contributed by atoms with Crippen LogP contribution >= 0.6 is 15.9 Å². The second-order valence-corrected chi connectivity index (χ2v) is 9.51. The molecule has 3 N–H and O–H groups in total. The molecular weight excluding hydrogens is 422 g/mol. The van der Waals surface area contributed by atoms with Crippen molar-refractivity contribution in [3.63, 3.8) is 0 Å². The first-order chi connectivity index (χ1) is 12.2. The van der Waals surface area contributed by atoms with Crippen LogP contribution in [0.1, 0.15) is 30.1 Å². The van der Waals surface area contributed by atoms with Gasteiger partial charge in [0, 0.05) is 29.8 Å². The second-order valence-electron chi connectivity index (χ2n) is 6.61. The molecule has 8 nitrogen and oxygen atoms in total. The number of rotatable bonds is 5. The number of carbonyl (C=O) groups is 1. The Morgan fingerprint density at radius 2 is 2.23 bits per heavy atom. The molecule has 1 amide bonds. The molecule has 0 spiro atoms. The average Bonchev–Trinajstić information content (AvgIpc) is 2.94. The van der Waals surface area contributed by atoms with Crippen molar-refractivity contribution in [3.8, 4) is 0 Å². The quantitative estimate of drug-likeness (QED) is 0.729. The third-order valence-electron chi connectivity index (χ3n) is 4.89.